The predicted molar refractivity (Wildman–Crippen MR) is 65.9 cm³/mol. The van der Waals surface area contributed by atoms with Crippen molar-refractivity contribution in [2.24, 2.45) is 5.92 Å². The van der Waals surface area contributed by atoms with Crippen molar-refractivity contribution in [3.8, 4) is 0 Å². The molecule has 90 valence electrons. The summed E-state index contributed by atoms with van der Waals surface area (Å²) in [5.41, 5.74) is 0. The van der Waals surface area contributed by atoms with E-state index >= 15 is 0 Å². The van der Waals surface area contributed by atoms with E-state index in [1.807, 2.05) is 11.8 Å². The summed E-state index contributed by atoms with van der Waals surface area (Å²) in [5.74, 6) is 0.881. The fourth-order valence-electron chi connectivity index (χ4n) is 1.71. The van der Waals surface area contributed by atoms with Gasteiger partial charge in [-0.25, -0.2) is 0 Å². The summed E-state index contributed by atoms with van der Waals surface area (Å²) in [6.45, 7) is 10.4. The molecule has 0 atom stereocenters. The molecule has 0 radical (unpaired) electrons. The number of rotatable bonds is 8. The van der Waals surface area contributed by atoms with E-state index in [2.05, 4.69) is 20.8 Å². The van der Waals surface area contributed by atoms with Crippen LogP contribution in [-0.4, -0.2) is 23.9 Å². The minimum absolute atomic E-state index is 0.306. The average Bonchev–Trinajstić information content (AvgIpc) is 2.21. The molecule has 0 aromatic heterocycles. The summed E-state index contributed by atoms with van der Waals surface area (Å²) in [6.07, 6.45) is 5.59. The van der Waals surface area contributed by atoms with Crippen LogP contribution in [0, 0.1) is 5.92 Å². The molecule has 0 aromatic rings. The van der Waals surface area contributed by atoms with Crippen molar-refractivity contribution < 1.29 is 4.79 Å². The zero-order valence-corrected chi connectivity index (χ0v) is 10.9. The number of hydrogen-bond acceptors (Lipinski definition) is 1. The summed E-state index contributed by atoms with van der Waals surface area (Å²) >= 11 is 0. The molecule has 0 aliphatic rings. The monoisotopic (exact) mass is 213 g/mol. The molecule has 0 saturated carbocycles. The number of amides is 1. The summed E-state index contributed by atoms with van der Waals surface area (Å²) in [4.78, 5) is 13.7. The van der Waals surface area contributed by atoms with Crippen LogP contribution in [0.3, 0.4) is 0 Å². The Morgan fingerprint density at radius 3 is 2.27 bits per heavy atom. The molecule has 0 fully saturated rings. The van der Waals surface area contributed by atoms with Gasteiger partial charge in [0.25, 0.3) is 0 Å². The van der Waals surface area contributed by atoms with Gasteiger partial charge in [-0.05, 0) is 12.3 Å². The number of carbonyl (C=O) groups excluding carboxylic acids is 1. The maximum atomic E-state index is 11.6. The Morgan fingerprint density at radius 2 is 1.80 bits per heavy atom. The Labute approximate surface area is 95.0 Å². The van der Waals surface area contributed by atoms with E-state index in [1.165, 1.54) is 19.3 Å². The van der Waals surface area contributed by atoms with Gasteiger partial charge in [-0.2, -0.15) is 0 Å². The lowest BCUT2D eigenvalue weighted by Gasteiger charge is -2.24. The standard InChI is InChI=1S/C13H27NO/c1-5-7-8-9-10-14(11-12(3)4)13(15)6-2/h12H,5-11H2,1-4H3. The van der Waals surface area contributed by atoms with Crippen LogP contribution in [0.4, 0.5) is 0 Å². The highest BCUT2D eigenvalue weighted by Gasteiger charge is 2.11. The van der Waals surface area contributed by atoms with E-state index < -0.39 is 0 Å². The molecule has 0 aromatic carbocycles. The Bertz CT molecular complexity index is 166. The molecule has 2 nitrogen and oxygen atoms in total. The Hall–Kier alpha value is -0.530. The van der Waals surface area contributed by atoms with Crippen molar-refractivity contribution >= 4 is 5.91 Å². The second-order valence-electron chi connectivity index (χ2n) is 4.65. The van der Waals surface area contributed by atoms with Crippen molar-refractivity contribution in [1.29, 1.82) is 0 Å². The first-order chi connectivity index (χ1) is 7.11. The highest BCUT2D eigenvalue weighted by molar-refractivity contribution is 5.75. The summed E-state index contributed by atoms with van der Waals surface area (Å²) in [6, 6.07) is 0. The first kappa shape index (κ1) is 14.5. The molecule has 0 aliphatic heterocycles. The Morgan fingerprint density at radius 1 is 1.13 bits per heavy atom. The third-order valence-electron chi connectivity index (χ3n) is 2.52. The third-order valence-corrected chi connectivity index (χ3v) is 2.52. The predicted octanol–water partition coefficient (Wildman–Crippen LogP) is 3.46. The van der Waals surface area contributed by atoms with Crippen molar-refractivity contribution in [1.82, 2.24) is 4.90 Å². The molecule has 0 heterocycles. The summed E-state index contributed by atoms with van der Waals surface area (Å²) in [7, 11) is 0. The van der Waals surface area contributed by atoms with Gasteiger partial charge >= 0.3 is 0 Å². The highest BCUT2D eigenvalue weighted by Crippen LogP contribution is 2.06. The molecular formula is C13H27NO. The molecule has 0 unspecified atom stereocenters. The van der Waals surface area contributed by atoms with Gasteiger partial charge in [0.05, 0.1) is 0 Å². The largest absolute Gasteiger partial charge is 0.342 e. The van der Waals surface area contributed by atoms with E-state index in [-0.39, 0.29) is 0 Å². The van der Waals surface area contributed by atoms with Gasteiger partial charge in [0, 0.05) is 19.5 Å². The van der Waals surface area contributed by atoms with Crippen LogP contribution < -0.4 is 0 Å². The topological polar surface area (TPSA) is 20.3 Å². The maximum absolute atomic E-state index is 11.6. The molecule has 0 spiro atoms. The number of nitrogens with zero attached hydrogens (tertiary/aromatic N) is 1. The van der Waals surface area contributed by atoms with Gasteiger partial charge in [0.2, 0.25) is 5.91 Å². The van der Waals surface area contributed by atoms with Crippen molar-refractivity contribution in [2.45, 2.75) is 59.8 Å². The number of carbonyl (C=O) groups is 1. The lowest BCUT2D eigenvalue weighted by atomic mass is 10.1. The molecule has 0 aliphatic carbocycles. The van der Waals surface area contributed by atoms with Crippen LogP contribution in [0.5, 0.6) is 0 Å². The molecular weight excluding hydrogens is 186 g/mol. The number of unbranched alkanes of at least 4 members (excludes halogenated alkanes) is 3. The van der Waals surface area contributed by atoms with Crippen LogP contribution in [0.15, 0.2) is 0 Å². The van der Waals surface area contributed by atoms with Crippen molar-refractivity contribution in [3.05, 3.63) is 0 Å². The maximum Gasteiger partial charge on any atom is 0.222 e. The van der Waals surface area contributed by atoms with Crippen molar-refractivity contribution in [3.63, 3.8) is 0 Å². The van der Waals surface area contributed by atoms with E-state index in [9.17, 15) is 4.79 Å². The van der Waals surface area contributed by atoms with Crippen LogP contribution in [0.25, 0.3) is 0 Å². The molecule has 0 bridgehead atoms. The quantitative estimate of drug-likeness (QED) is 0.565. The fraction of sp³-hybridized carbons (Fsp3) is 0.923. The molecule has 0 N–H and O–H groups in total. The van der Waals surface area contributed by atoms with Crippen LogP contribution in [0.1, 0.15) is 59.8 Å². The van der Waals surface area contributed by atoms with Crippen LogP contribution in [-0.2, 0) is 4.79 Å². The van der Waals surface area contributed by atoms with Gasteiger partial charge in [0.15, 0.2) is 0 Å². The second-order valence-corrected chi connectivity index (χ2v) is 4.65. The van der Waals surface area contributed by atoms with E-state index in [0.29, 0.717) is 18.2 Å². The lowest BCUT2D eigenvalue weighted by Crippen LogP contribution is -2.34. The minimum Gasteiger partial charge on any atom is -0.342 e. The highest BCUT2D eigenvalue weighted by atomic mass is 16.2. The zero-order chi connectivity index (χ0) is 11.7. The van der Waals surface area contributed by atoms with Crippen molar-refractivity contribution in [2.75, 3.05) is 13.1 Å². The van der Waals surface area contributed by atoms with Gasteiger partial charge in [-0.1, -0.05) is 47.0 Å². The first-order valence-electron chi connectivity index (χ1n) is 6.39. The normalized spacial score (nSPS) is 10.7. The average molecular weight is 213 g/mol. The zero-order valence-electron chi connectivity index (χ0n) is 10.9. The summed E-state index contributed by atoms with van der Waals surface area (Å²) < 4.78 is 0. The SMILES string of the molecule is CCCCCCN(CC(C)C)C(=O)CC. The smallest absolute Gasteiger partial charge is 0.222 e. The van der Waals surface area contributed by atoms with Gasteiger partial charge in [-0.15, -0.1) is 0 Å². The van der Waals surface area contributed by atoms with E-state index in [0.717, 1.165) is 19.5 Å². The van der Waals surface area contributed by atoms with E-state index in [4.69, 9.17) is 0 Å². The second kappa shape index (κ2) is 8.75. The first-order valence-corrected chi connectivity index (χ1v) is 6.39. The Balaban J connectivity index is 3.85. The molecule has 0 rings (SSSR count). The fourth-order valence-corrected chi connectivity index (χ4v) is 1.71. The molecule has 1 amide bonds. The van der Waals surface area contributed by atoms with Gasteiger partial charge < -0.3 is 4.90 Å². The minimum atomic E-state index is 0.306. The van der Waals surface area contributed by atoms with Gasteiger partial charge in [-0.3, -0.25) is 4.79 Å². The van der Waals surface area contributed by atoms with E-state index in [1.54, 1.807) is 0 Å². The molecule has 0 saturated heterocycles. The Kier molecular flexibility index (Phi) is 8.44. The molecule has 15 heavy (non-hydrogen) atoms. The lowest BCUT2D eigenvalue weighted by molar-refractivity contribution is -0.131. The van der Waals surface area contributed by atoms with Crippen LogP contribution >= 0.6 is 0 Å². The van der Waals surface area contributed by atoms with Crippen LogP contribution in [0.2, 0.25) is 0 Å². The summed E-state index contributed by atoms with van der Waals surface area (Å²) in [5, 5.41) is 0. The van der Waals surface area contributed by atoms with Gasteiger partial charge in [0.1, 0.15) is 0 Å². The molecule has 2 heteroatoms. The number of hydrogen-bond donors (Lipinski definition) is 0. The third kappa shape index (κ3) is 7.40.